The third-order valence-corrected chi connectivity index (χ3v) is 5.37. The summed E-state index contributed by atoms with van der Waals surface area (Å²) in [5.41, 5.74) is 1.87. The smallest absolute Gasteiger partial charge is 0.258 e. The summed E-state index contributed by atoms with van der Waals surface area (Å²) in [5.74, 6) is -0.427. The maximum Gasteiger partial charge on any atom is 0.258 e. The maximum atomic E-state index is 12.3. The van der Waals surface area contributed by atoms with Gasteiger partial charge in [-0.2, -0.15) is 9.61 Å². The summed E-state index contributed by atoms with van der Waals surface area (Å²) >= 11 is 18.6. The van der Waals surface area contributed by atoms with Crippen LogP contribution in [0.2, 0.25) is 10.0 Å². The highest BCUT2D eigenvalue weighted by Crippen LogP contribution is 2.27. The Labute approximate surface area is 178 Å². The van der Waals surface area contributed by atoms with E-state index in [1.807, 2.05) is 24.3 Å². The van der Waals surface area contributed by atoms with Crippen LogP contribution in [-0.2, 0) is 0 Å². The summed E-state index contributed by atoms with van der Waals surface area (Å²) < 4.78 is 1.61. The van der Waals surface area contributed by atoms with Crippen LogP contribution in [-0.4, -0.2) is 30.8 Å². The van der Waals surface area contributed by atoms with Crippen LogP contribution in [0.4, 0.5) is 5.69 Å². The van der Waals surface area contributed by atoms with Crippen LogP contribution in [0.1, 0.15) is 10.4 Å². The van der Waals surface area contributed by atoms with Crippen LogP contribution in [0.25, 0.3) is 15.5 Å². The molecule has 0 atom stereocenters. The molecule has 4 aromatic rings. The van der Waals surface area contributed by atoms with Crippen LogP contribution in [0, 0.1) is 0 Å². The Balaban J connectivity index is 1.47. The lowest BCUT2D eigenvalue weighted by Crippen LogP contribution is -2.34. The van der Waals surface area contributed by atoms with Gasteiger partial charge in [0.2, 0.25) is 4.96 Å². The first-order valence-corrected chi connectivity index (χ1v) is 9.82. The fourth-order valence-electron chi connectivity index (χ4n) is 2.41. The minimum atomic E-state index is -0.427. The standard InChI is InChI=1S/C17H10Cl2N6OS2/c18-10-4-5-12(13(19)7-10)14(26)22-16(27)21-11-3-1-2-9(6-11)15-24-25-8-20-23-17(25)28-15/h1-8H,(H2,21,22,26,27). The minimum Gasteiger partial charge on any atom is -0.332 e. The van der Waals surface area contributed by atoms with Gasteiger partial charge >= 0.3 is 0 Å². The predicted octanol–water partition coefficient (Wildman–Crippen LogP) is 4.29. The number of rotatable bonds is 3. The Bertz CT molecular complexity index is 1180. The molecule has 0 spiro atoms. The lowest BCUT2D eigenvalue weighted by molar-refractivity contribution is 0.0978. The molecule has 2 N–H and O–H groups in total. The van der Waals surface area contributed by atoms with Crippen molar-refractivity contribution in [3.05, 3.63) is 64.4 Å². The van der Waals surface area contributed by atoms with E-state index in [9.17, 15) is 4.79 Å². The first-order chi connectivity index (χ1) is 13.5. The van der Waals surface area contributed by atoms with Crippen LogP contribution in [0.3, 0.4) is 0 Å². The van der Waals surface area contributed by atoms with E-state index in [1.54, 1.807) is 16.9 Å². The van der Waals surface area contributed by atoms with Crippen molar-refractivity contribution in [2.24, 2.45) is 0 Å². The van der Waals surface area contributed by atoms with E-state index in [2.05, 4.69) is 25.9 Å². The van der Waals surface area contributed by atoms with Gasteiger partial charge in [0.05, 0.1) is 10.6 Å². The number of carbonyl (C=O) groups excluding carboxylic acids is 1. The molecule has 28 heavy (non-hydrogen) atoms. The van der Waals surface area contributed by atoms with Crippen molar-refractivity contribution < 1.29 is 4.79 Å². The number of hydrogen-bond acceptors (Lipinski definition) is 6. The van der Waals surface area contributed by atoms with Crippen LogP contribution < -0.4 is 10.6 Å². The number of thiocarbonyl (C=S) groups is 1. The lowest BCUT2D eigenvalue weighted by atomic mass is 10.2. The second kappa shape index (κ2) is 7.80. The third-order valence-electron chi connectivity index (χ3n) is 3.66. The summed E-state index contributed by atoms with van der Waals surface area (Å²) in [6, 6.07) is 12.1. The molecule has 0 bridgehead atoms. The maximum absolute atomic E-state index is 12.3. The summed E-state index contributed by atoms with van der Waals surface area (Å²) in [6.07, 6.45) is 1.55. The zero-order valence-electron chi connectivity index (χ0n) is 13.9. The molecular weight excluding hydrogens is 439 g/mol. The summed E-state index contributed by atoms with van der Waals surface area (Å²) in [5, 5.41) is 19.4. The Morgan fingerprint density at radius 3 is 2.82 bits per heavy atom. The van der Waals surface area contributed by atoms with Crippen LogP contribution >= 0.6 is 46.8 Å². The largest absolute Gasteiger partial charge is 0.332 e. The zero-order valence-corrected chi connectivity index (χ0v) is 17.0. The Hall–Kier alpha value is -2.59. The van der Waals surface area contributed by atoms with Gasteiger partial charge in [-0.25, -0.2) is 0 Å². The highest BCUT2D eigenvalue weighted by atomic mass is 35.5. The molecule has 2 heterocycles. The number of fused-ring (bicyclic) bond motifs is 1. The average Bonchev–Trinajstić information content (AvgIpc) is 3.23. The number of halogens is 2. The van der Waals surface area contributed by atoms with Gasteiger partial charge in [-0.3, -0.25) is 10.1 Å². The summed E-state index contributed by atoms with van der Waals surface area (Å²) in [7, 11) is 0. The fourth-order valence-corrected chi connectivity index (χ4v) is 3.93. The van der Waals surface area contributed by atoms with Crippen molar-refractivity contribution >= 4 is 68.4 Å². The van der Waals surface area contributed by atoms with Gasteiger partial charge < -0.3 is 5.32 Å². The topological polar surface area (TPSA) is 84.2 Å². The van der Waals surface area contributed by atoms with Gasteiger partial charge in [0, 0.05) is 16.3 Å². The molecule has 0 radical (unpaired) electrons. The van der Waals surface area contributed by atoms with Crippen molar-refractivity contribution in [1.82, 2.24) is 25.1 Å². The number of anilines is 1. The van der Waals surface area contributed by atoms with Crippen molar-refractivity contribution in [3.63, 3.8) is 0 Å². The van der Waals surface area contributed by atoms with E-state index >= 15 is 0 Å². The molecule has 0 unspecified atom stereocenters. The highest BCUT2D eigenvalue weighted by Gasteiger charge is 2.13. The number of nitrogens with one attached hydrogen (secondary N) is 2. The number of hydrogen-bond donors (Lipinski definition) is 2. The summed E-state index contributed by atoms with van der Waals surface area (Å²) in [6.45, 7) is 0. The molecule has 0 fully saturated rings. The monoisotopic (exact) mass is 448 g/mol. The number of amides is 1. The minimum absolute atomic E-state index is 0.145. The quantitative estimate of drug-likeness (QED) is 0.454. The molecule has 0 saturated carbocycles. The molecule has 2 aromatic carbocycles. The van der Waals surface area contributed by atoms with Gasteiger partial charge in [-0.05, 0) is 42.5 Å². The van der Waals surface area contributed by atoms with Crippen molar-refractivity contribution in [2.45, 2.75) is 0 Å². The van der Waals surface area contributed by atoms with Crippen molar-refractivity contribution in [2.75, 3.05) is 5.32 Å². The van der Waals surface area contributed by atoms with Crippen molar-refractivity contribution in [1.29, 1.82) is 0 Å². The fraction of sp³-hybridized carbons (Fsp3) is 0. The molecule has 140 valence electrons. The van der Waals surface area contributed by atoms with E-state index in [0.717, 1.165) is 10.6 Å². The second-order valence-electron chi connectivity index (χ2n) is 5.58. The van der Waals surface area contributed by atoms with Crippen LogP contribution in [0.15, 0.2) is 48.8 Å². The van der Waals surface area contributed by atoms with Gasteiger partial charge in [0.1, 0.15) is 11.3 Å². The van der Waals surface area contributed by atoms with Gasteiger partial charge in [0.25, 0.3) is 5.91 Å². The molecule has 11 heteroatoms. The van der Waals surface area contributed by atoms with E-state index in [4.69, 9.17) is 35.4 Å². The molecular formula is C17H10Cl2N6OS2. The van der Waals surface area contributed by atoms with E-state index in [0.29, 0.717) is 15.7 Å². The average molecular weight is 449 g/mol. The highest BCUT2D eigenvalue weighted by molar-refractivity contribution is 7.80. The molecule has 0 aliphatic carbocycles. The van der Waals surface area contributed by atoms with Gasteiger partial charge in [0.15, 0.2) is 5.11 Å². The molecule has 4 rings (SSSR count). The normalized spacial score (nSPS) is 10.8. The number of nitrogens with zero attached hydrogens (tertiary/aromatic N) is 4. The Kier molecular flexibility index (Phi) is 5.23. The second-order valence-corrected chi connectivity index (χ2v) is 7.79. The molecule has 2 aromatic heterocycles. The zero-order chi connectivity index (χ0) is 19.7. The van der Waals surface area contributed by atoms with E-state index in [1.165, 1.54) is 23.5 Å². The van der Waals surface area contributed by atoms with Crippen molar-refractivity contribution in [3.8, 4) is 10.6 Å². The molecule has 0 aliphatic heterocycles. The van der Waals surface area contributed by atoms with E-state index in [-0.39, 0.29) is 15.7 Å². The predicted molar refractivity (Wildman–Crippen MR) is 114 cm³/mol. The van der Waals surface area contributed by atoms with Crippen LogP contribution in [0.5, 0.6) is 0 Å². The Morgan fingerprint density at radius 2 is 2.04 bits per heavy atom. The molecule has 0 aliphatic rings. The number of benzene rings is 2. The van der Waals surface area contributed by atoms with E-state index < -0.39 is 5.91 Å². The number of carbonyl (C=O) groups is 1. The molecule has 1 amide bonds. The number of aromatic nitrogens is 4. The third kappa shape index (κ3) is 3.97. The van der Waals surface area contributed by atoms with Gasteiger partial charge in [-0.1, -0.05) is 46.7 Å². The van der Waals surface area contributed by atoms with Gasteiger partial charge in [-0.15, -0.1) is 10.2 Å². The lowest BCUT2D eigenvalue weighted by Gasteiger charge is -2.11. The first-order valence-electron chi connectivity index (χ1n) is 7.84. The molecule has 7 nitrogen and oxygen atoms in total. The molecule has 0 saturated heterocycles. The first kappa shape index (κ1) is 18.8. The Morgan fingerprint density at radius 1 is 1.18 bits per heavy atom. The summed E-state index contributed by atoms with van der Waals surface area (Å²) in [4.78, 5) is 13.1. The SMILES string of the molecule is O=C(NC(=S)Nc1cccc(-c2nn3cnnc3s2)c1)c1ccc(Cl)cc1Cl.